The van der Waals surface area contributed by atoms with E-state index in [4.69, 9.17) is 16.3 Å². The summed E-state index contributed by atoms with van der Waals surface area (Å²) in [5.41, 5.74) is 3.10. The fraction of sp³-hybridized carbons (Fsp3) is 0.320. The number of rotatable bonds is 13. The van der Waals surface area contributed by atoms with Crippen molar-refractivity contribution < 1.29 is 46.7 Å². The van der Waals surface area contributed by atoms with Crippen molar-refractivity contribution >= 4 is 48.0 Å². The molecule has 1 aromatic heterocycles. The second-order valence-corrected chi connectivity index (χ2v) is 10.6. The zero-order valence-electron chi connectivity index (χ0n) is 21.9. The number of aliphatic hydroxyl groups excluding tert-OH is 1. The van der Waals surface area contributed by atoms with Gasteiger partial charge >= 0.3 is 13.9 Å². The smallest absolute Gasteiger partial charge is 0.447 e. The number of hydrogen-bond acceptors (Lipinski definition) is 9. The van der Waals surface area contributed by atoms with Crippen molar-refractivity contribution in [3.63, 3.8) is 0 Å². The minimum atomic E-state index is -4.40. The topological polar surface area (TPSA) is 160 Å². The van der Waals surface area contributed by atoms with Gasteiger partial charge in [-0.05, 0) is 41.3 Å². The molecule has 3 atom stereocenters. The number of carbonyl (C=O) groups is 2. The SMILES string of the molecule is COP(=O)(O)OC[C@@H](O)C[C@@H](COC(=O)Nc1cc2cc(F)ccc2cn1)N(NCc1cccc(F)c1Cl)C(C)=O. The standard InChI is InChI=1S/C25H28ClF2N4O8P/c1-15(33)32(30-12-17-4-3-5-22(28)24(17)26)20(10-21(34)14-40-41(36,37)38-2)13-39-25(35)31-23-9-18-8-19(27)7-6-16(18)11-29-23/h3-9,11,20-21,30,34H,10,12-14H2,1-2H3,(H,36,37)(H,29,31,35)/t20-,21-/m0/s1. The van der Waals surface area contributed by atoms with Crippen molar-refractivity contribution in [2.45, 2.75) is 32.0 Å². The number of aromatic nitrogens is 1. The maximum Gasteiger partial charge on any atom is 0.471 e. The molecule has 0 spiro atoms. The third-order valence-electron chi connectivity index (χ3n) is 5.70. The van der Waals surface area contributed by atoms with E-state index in [9.17, 15) is 32.9 Å². The number of phosphoric acid groups is 1. The lowest BCUT2D eigenvalue weighted by molar-refractivity contribution is -0.137. The summed E-state index contributed by atoms with van der Waals surface area (Å²) in [6, 6.07) is 8.59. The van der Waals surface area contributed by atoms with E-state index in [0.717, 1.165) is 12.1 Å². The maximum atomic E-state index is 13.9. The first-order valence-corrected chi connectivity index (χ1v) is 13.9. The molecule has 1 heterocycles. The van der Waals surface area contributed by atoms with E-state index in [1.54, 1.807) is 0 Å². The Morgan fingerprint density at radius 3 is 2.63 bits per heavy atom. The van der Waals surface area contributed by atoms with E-state index >= 15 is 0 Å². The van der Waals surface area contributed by atoms with Gasteiger partial charge in [0, 0.05) is 38.6 Å². The van der Waals surface area contributed by atoms with Crippen LogP contribution in [0.15, 0.2) is 48.7 Å². The number of ether oxygens (including phenoxy) is 1. The number of pyridine rings is 1. The van der Waals surface area contributed by atoms with E-state index in [1.165, 1.54) is 55.6 Å². The Morgan fingerprint density at radius 1 is 1.17 bits per heavy atom. The normalized spacial score (nSPS) is 14.2. The number of nitrogens with zero attached hydrogens (tertiary/aromatic N) is 2. The van der Waals surface area contributed by atoms with Crippen LogP contribution in [0.25, 0.3) is 10.8 Å². The average molecular weight is 617 g/mol. The van der Waals surface area contributed by atoms with Gasteiger partial charge in [-0.25, -0.2) is 28.6 Å². The van der Waals surface area contributed by atoms with Gasteiger partial charge in [0.25, 0.3) is 0 Å². The third-order valence-corrected chi connectivity index (χ3v) is 7.06. The molecule has 3 rings (SSSR count). The molecule has 0 saturated heterocycles. The number of aliphatic hydroxyl groups is 1. The minimum absolute atomic E-state index is 0.0682. The van der Waals surface area contributed by atoms with Crippen LogP contribution in [0.3, 0.4) is 0 Å². The van der Waals surface area contributed by atoms with Crippen molar-refractivity contribution in [3.8, 4) is 0 Å². The molecule has 0 radical (unpaired) electrons. The number of nitrogens with one attached hydrogen (secondary N) is 2. The Bertz CT molecular complexity index is 1440. The molecule has 0 aliphatic rings. The van der Waals surface area contributed by atoms with Crippen molar-refractivity contribution in [1.82, 2.24) is 15.4 Å². The number of benzene rings is 2. The predicted molar refractivity (Wildman–Crippen MR) is 145 cm³/mol. The molecule has 1 unspecified atom stereocenters. The van der Waals surface area contributed by atoms with Crippen molar-refractivity contribution in [1.29, 1.82) is 0 Å². The first kappa shape index (κ1) is 32.3. The van der Waals surface area contributed by atoms with E-state index in [1.807, 2.05) is 0 Å². The van der Waals surface area contributed by atoms with Crippen molar-refractivity contribution in [2.24, 2.45) is 0 Å². The summed E-state index contributed by atoms with van der Waals surface area (Å²) in [4.78, 5) is 38.6. The van der Waals surface area contributed by atoms with Gasteiger partial charge in [0.2, 0.25) is 5.91 Å². The Morgan fingerprint density at radius 2 is 1.93 bits per heavy atom. The molecule has 0 aliphatic carbocycles. The quantitative estimate of drug-likeness (QED) is 0.162. The number of hydrogen-bond donors (Lipinski definition) is 4. The van der Waals surface area contributed by atoms with Crippen molar-refractivity contribution in [2.75, 3.05) is 25.6 Å². The van der Waals surface area contributed by atoms with Gasteiger partial charge in [-0.15, -0.1) is 0 Å². The molecular formula is C25H28ClF2N4O8P. The Hall–Kier alpha value is -3.23. The van der Waals surface area contributed by atoms with E-state index in [0.29, 0.717) is 16.3 Å². The first-order chi connectivity index (χ1) is 19.4. The lowest BCUT2D eigenvalue weighted by atomic mass is 10.1. The van der Waals surface area contributed by atoms with Crippen LogP contribution < -0.4 is 10.7 Å². The summed E-state index contributed by atoms with van der Waals surface area (Å²) < 4.78 is 53.3. The Balaban J connectivity index is 1.73. The zero-order chi connectivity index (χ0) is 30.2. The van der Waals surface area contributed by atoms with Gasteiger partial charge in [0.1, 0.15) is 24.1 Å². The van der Waals surface area contributed by atoms with Gasteiger partial charge in [0.05, 0.1) is 23.8 Å². The predicted octanol–water partition coefficient (Wildman–Crippen LogP) is 4.15. The van der Waals surface area contributed by atoms with Crippen molar-refractivity contribution in [3.05, 3.63) is 70.9 Å². The first-order valence-electron chi connectivity index (χ1n) is 12.0. The third kappa shape index (κ3) is 9.68. The number of amides is 2. The average Bonchev–Trinajstić information content (AvgIpc) is 2.92. The fourth-order valence-electron chi connectivity index (χ4n) is 3.71. The van der Waals surface area contributed by atoms with Crippen LogP contribution >= 0.6 is 19.4 Å². The molecule has 2 aromatic carbocycles. The highest BCUT2D eigenvalue weighted by Crippen LogP contribution is 2.42. The number of hydrazine groups is 1. The van der Waals surface area contributed by atoms with E-state index in [-0.39, 0.29) is 23.8 Å². The Kier molecular flexibility index (Phi) is 11.5. The molecule has 0 saturated carbocycles. The van der Waals surface area contributed by atoms with Crippen LogP contribution in [0.5, 0.6) is 0 Å². The molecule has 16 heteroatoms. The summed E-state index contributed by atoms with van der Waals surface area (Å²) in [5.74, 6) is -1.63. The van der Waals surface area contributed by atoms with Crippen LogP contribution in [0.2, 0.25) is 5.02 Å². The highest BCUT2D eigenvalue weighted by Gasteiger charge is 2.28. The maximum absolute atomic E-state index is 13.9. The number of fused-ring (bicyclic) bond motifs is 1. The summed E-state index contributed by atoms with van der Waals surface area (Å²) in [6.45, 7) is -0.0430. The van der Waals surface area contributed by atoms with Crippen LogP contribution in [-0.4, -0.2) is 64.5 Å². The molecule has 12 nitrogen and oxygen atoms in total. The molecule has 0 bridgehead atoms. The summed E-state index contributed by atoms with van der Waals surface area (Å²) in [5, 5.41) is 14.9. The number of phosphoric ester groups is 1. The van der Waals surface area contributed by atoms with E-state index in [2.05, 4.69) is 24.8 Å². The van der Waals surface area contributed by atoms with Crippen LogP contribution in [-0.2, 0) is 29.7 Å². The molecule has 0 fully saturated rings. The molecule has 222 valence electrons. The van der Waals surface area contributed by atoms with Gasteiger partial charge in [-0.3, -0.25) is 24.2 Å². The Labute approximate surface area is 238 Å². The summed E-state index contributed by atoms with van der Waals surface area (Å²) >= 11 is 6.00. The molecule has 3 aromatic rings. The summed E-state index contributed by atoms with van der Waals surface area (Å²) in [6.07, 6.45) is -1.25. The minimum Gasteiger partial charge on any atom is -0.447 e. The lowest BCUT2D eigenvalue weighted by Crippen LogP contribution is -2.52. The summed E-state index contributed by atoms with van der Waals surface area (Å²) in [7, 11) is -3.45. The highest BCUT2D eigenvalue weighted by atomic mass is 35.5. The van der Waals surface area contributed by atoms with Gasteiger partial charge in [0.15, 0.2) is 0 Å². The monoisotopic (exact) mass is 616 g/mol. The fourth-order valence-corrected chi connectivity index (χ4v) is 4.37. The van der Waals surface area contributed by atoms with Gasteiger partial charge in [-0.1, -0.05) is 23.7 Å². The van der Waals surface area contributed by atoms with E-state index < -0.39 is 56.8 Å². The number of halogens is 3. The number of carbonyl (C=O) groups excluding carboxylic acids is 2. The molecular weight excluding hydrogens is 589 g/mol. The van der Waals surface area contributed by atoms with Crippen LogP contribution in [0.4, 0.5) is 19.4 Å². The number of anilines is 1. The molecule has 2 amide bonds. The zero-order valence-corrected chi connectivity index (χ0v) is 23.6. The van der Waals surface area contributed by atoms with Crippen LogP contribution in [0.1, 0.15) is 18.9 Å². The van der Waals surface area contributed by atoms with Gasteiger partial charge < -0.3 is 14.7 Å². The second-order valence-electron chi connectivity index (χ2n) is 8.71. The highest BCUT2D eigenvalue weighted by molar-refractivity contribution is 7.47. The molecule has 0 aliphatic heterocycles. The molecule has 4 N–H and O–H groups in total. The second kappa shape index (κ2) is 14.6. The molecule has 41 heavy (non-hydrogen) atoms. The van der Waals surface area contributed by atoms with Gasteiger partial charge in [-0.2, -0.15) is 0 Å². The lowest BCUT2D eigenvalue weighted by Gasteiger charge is -2.32. The largest absolute Gasteiger partial charge is 0.471 e. The van der Waals surface area contributed by atoms with Crippen LogP contribution in [0, 0.1) is 11.6 Å².